The van der Waals surface area contributed by atoms with E-state index in [1.807, 2.05) is 44.2 Å². The first-order valence-corrected chi connectivity index (χ1v) is 10.1. The summed E-state index contributed by atoms with van der Waals surface area (Å²) in [6, 6.07) is 10.0. The monoisotopic (exact) mass is 390 g/mol. The van der Waals surface area contributed by atoms with Crippen molar-refractivity contribution in [3.05, 3.63) is 48.6 Å². The van der Waals surface area contributed by atoms with E-state index in [0.717, 1.165) is 24.8 Å². The van der Waals surface area contributed by atoms with Crippen molar-refractivity contribution in [2.75, 3.05) is 13.2 Å². The SMILES string of the molecule is C=CC(=O)OC(C)(C)C(COC(C)(C)C(C)(C)CCCCO)c1ccccc1. The van der Waals surface area contributed by atoms with Gasteiger partial charge in [-0.1, -0.05) is 57.2 Å². The van der Waals surface area contributed by atoms with Crippen LogP contribution in [0.3, 0.4) is 0 Å². The smallest absolute Gasteiger partial charge is 0.330 e. The van der Waals surface area contributed by atoms with Crippen LogP contribution in [0.2, 0.25) is 0 Å². The van der Waals surface area contributed by atoms with E-state index in [0.29, 0.717) is 6.61 Å². The van der Waals surface area contributed by atoms with Crippen molar-refractivity contribution in [3.63, 3.8) is 0 Å². The molecule has 0 heterocycles. The van der Waals surface area contributed by atoms with E-state index in [9.17, 15) is 4.79 Å². The summed E-state index contributed by atoms with van der Waals surface area (Å²) in [6.07, 6.45) is 3.92. The van der Waals surface area contributed by atoms with Gasteiger partial charge in [-0.05, 0) is 51.5 Å². The third kappa shape index (κ3) is 6.75. The zero-order valence-electron chi connectivity index (χ0n) is 18.5. The van der Waals surface area contributed by atoms with Gasteiger partial charge in [-0.3, -0.25) is 0 Å². The van der Waals surface area contributed by atoms with Crippen molar-refractivity contribution in [2.45, 2.75) is 77.9 Å². The average Bonchev–Trinajstić information content (AvgIpc) is 2.62. The molecule has 0 spiro atoms. The van der Waals surface area contributed by atoms with Crippen molar-refractivity contribution in [1.82, 2.24) is 0 Å². The van der Waals surface area contributed by atoms with Crippen LogP contribution in [0.5, 0.6) is 0 Å². The maximum Gasteiger partial charge on any atom is 0.330 e. The molecular weight excluding hydrogens is 352 g/mol. The van der Waals surface area contributed by atoms with E-state index in [2.05, 4.69) is 34.3 Å². The highest BCUT2D eigenvalue weighted by Crippen LogP contribution is 2.40. The Bertz CT molecular complexity index is 617. The van der Waals surface area contributed by atoms with Gasteiger partial charge < -0.3 is 14.6 Å². The summed E-state index contributed by atoms with van der Waals surface area (Å²) in [5, 5.41) is 9.07. The number of hydrogen-bond acceptors (Lipinski definition) is 4. The molecule has 4 nitrogen and oxygen atoms in total. The quantitative estimate of drug-likeness (QED) is 0.300. The van der Waals surface area contributed by atoms with Crippen LogP contribution in [0.4, 0.5) is 0 Å². The van der Waals surface area contributed by atoms with E-state index in [4.69, 9.17) is 14.6 Å². The van der Waals surface area contributed by atoms with Crippen LogP contribution in [0.1, 0.15) is 72.3 Å². The number of carbonyl (C=O) groups excluding carboxylic acids is 1. The molecule has 1 aromatic carbocycles. The lowest BCUT2D eigenvalue weighted by Gasteiger charge is -2.44. The Labute approximate surface area is 170 Å². The summed E-state index contributed by atoms with van der Waals surface area (Å²) in [4.78, 5) is 11.9. The van der Waals surface area contributed by atoms with Crippen LogP contribution >= 0.6 is 0 Å². The van der Waals surface area contributed by atoms with Gasteiger partial charge in [-0.2, -0.15) is 0 Å². The lowest BCUT2D eigenvalue weighted by molar-refractivity contribution is -0.159. The van der Waals surface area contributed by atoms with Crippen molar-refractivity contribution in [2.24, 2.45) is 5.41 Å². The second-order valence-corrected chi connectivity index (χ2v) is 9.08. The Kier molecular flexibility index (Phi) is 8.90. The molecule has 0 saturated carbocycles. The molecule has 4 heteroatoms. The summed E-state index contributed by atoms with van der Waals surface area (Å²) >= 11 is 0. The molecule has 0 radical (unpaired) electrons. The lowest BCUT2D eigenvalue weighted by Crippen LogP contribution is -2.45. The molecule has 0 amide bonds. The number of benzene rings is 1. The molecule has 1 N–H and O–H groups in total. The summed E-state index contributed by atoms with van der Waals surface area (Å²) in [7, 11) is 0. The van der Waals surface area contributed by atoms with E-state index >= 15 is 0 Å². The Hall–Kier alpha value is -1.65. The minimum Gasteiger partial charge on any atom is -0.456 e. The molecule has 0 aliphatic heterocycles. The molecule has 1 unspecified atom stereocenters. The van der Waals surface area contributed by atoms with Crippen LogP contribution < -0.4 is 0 Å². The maximum atomic E-state index is 11.9. The fourth-order valence-electron chi connectivity index (χ4n) is 3.22. The second-order valence-electron chi connectivity index (χ2n) is 9.08. The molecule has 0 aliphatic carbocycles. The van der Waals surface area contributed by atoms with Gasteiger partial charge in [0, 0.05) is 18.6 Å². The molecule has 0 saturated heterocycles. The fraction of sp³-hybridized carbons (Fsp3) is 0.625. The average molecular weight is 391 g/mol. The highest BCUT2D eigenvalue weighted by Gasteiger charge is 2.41. The number of aliphatic hydroxyl groups is 1. The summed E-state index contributed by atoms with van der Waals surface area (Å²) < 4.78 is 12.1. The van der Waals surface area contributed by atoms with Crippen LogP contribution in [0, 0.1) is 5.41 Å². The van der Waals surface area contributed by atoms with Gasteiger partial charge in [0.05, 0.1) is 12.2 Å². The van der Waals surface area contributed by atoms with Crippen molar-refractivity contribution in [1.29, 1.82) is 0 Å². The van der Waals surface area contributed by atoms with Gasteiger partial charge in [-0.15, -0.1) is 0 Å². The molecule has 158 valence electrons. The zero-order chi connectivity index (χ0) is 21.4. The zero-order valence-corrected chi connectivity index (χ0v) is 18.5. The predicted molar refractivity (Wildman–Crippen MR) is 114 cm³/mol. The van der Waals surface area contributed by atoms with Crippen molar-refractivity contribution in [3.8, 4) is 0 Å². The first-order chi connectivity index (χ1) is 13.0. The first kappa shape index (κ1) is 24.4. The first-order valence-electron chi connectivity index (χ1n) is 10.1. The van der Waals surface area contributed by atoms with Crippen LogP contribution in [-0.2, 0) is 14.3 Å². The minimum absolute atomic E-state index is 0.0641. The second kappa shape index (κ2) is 10.2. The third-order valence-corrected chi connectivity index (χ3v) is 6.02. The van der Waals surface area contributed by atoms with Gasteiger partial charge in [0.25, 0.3) is 0 Å². The van der Waals surface area contributed by atoms with E-state index < -0.39 is 11.6 Å². The standard InChI is InChI=1S/C24H38O4/c1-8-21(26)28-23(4,5)20(19-14-10-9-11-15-19)18-27-24(6,7)22(2,3)16-12-13-17-25/h8-11,14-15,20,25H,1,12-13,16-18H2,2-7H3. The molecule has 0 aromatic heterocycles. The van der Waals surface area contributed by atoms with Gasteiger partial charge in [0.2, 0.25) is 0 Å². The van der Waals surface area contributed by atoms with Gasteiger partial charge >= 0.3 is 5.97 Å². The molecule has 28 heavy (non-hydrogen) atoms. The van der Waals surface area contributed by atoms with Crippen LogP contribution in [0.15, 0.2) is 43.0 Å². The Balaban J connectivity index is 3.01. The van der Waals surface area contributed by atoms with Gasteiger partial charge in [-0.25, -0.2) is 4.79 Å². The van der Waals surface area contributed by atoms with Crippen LogP contribution in [0.25, 0.3) is 0 Å². The number of unbranched alkanes of at least 4 members (excludes halogenated alkanes) is 1. The van der Waals surface area contributed by atoms with Crippen molar-refractivity contribution < 1.29 is 19.4 Å². The number of rotatable bonds is 12. The number of carbonyl (C=O) groups is 1. The van der Waals surface area contributed by atoms with E-state index in [1.54, 1.807) is 0 Å². The number of esters is 1. The molecule has 1 aromatic rings. The van der Waals surface area contributed by atoms with Gasteiger partial charge in [0.15, 0.2) is 0 Å². The molecule has 1 atom stereocenters. The molecule has 1 rings (SSSR count). The third-order valence-electron chi connectivity index (χ3n) is 6.02. The maximum absolute atomic E-state index is 11.9. The summed E-state index contributed by atoms with van der Waals surface area (Å²) in [6.45, 7) is 16.6. The molecule has 0 fully saturated rings. The van der Waals surface area contributed by atoms with E-state index in [-0.39, 0.29) is 23.5 Å². The summed E-state index contributed by atoms with van der Waals surface area (Å²) in [5.41, 5.74) is -0.124. The normalized spacial score (nSPS) is 13.8. The number of aliphatic hydroxyl groups excluding tert-OH is 1. The van der Waals surface area contributed by atoms with Crippen LogP contribution in [-0.4, -0.2) is 35.5 Å². The summed E-state index contributed by atoms with van der Waals surface area (Å²) in [5.74, 6) is -0.556. The number of ether oxygens (including phenoxy) is 2. The highest BCUT2D eigenvalue weighted by atomic mass is 16.6. The van der Waals surface area contributed by atoms with Crippen molar-refractivity contribution >= 4 is 5.97 Å². The molecule has 0 aliphatic rings. The Morgan fingerprint density at radius 3 is 2.25 bits per heavy atom. The highest BCUT2D eigenvalue weighted by molar-refractivity contribution is 5.81. The predicted octanol–water partition coefficient (Wildman–Crippen LogP) is 5.26. The lowest BCUT2D eigenvalue weighted by atomic mass is 9.73. The number of hydrogen-bond donors (Lipinski definition) is 1. The van der Waals surface area contributed by atoms with E-state index in [1.165, 1.54) is 6.08 Å². The topological polar surface area (TPSA) is 55.8 Å². The molecule has 0 bridgehead atoms. The Morgan fingerprint density at radius 2 is 1.71 bits per heavy atom. The largest absolute Gasteiger partial charge is 0.456 e. The molecular formula is C24H38O4. The van der Waals surface area contributed by atoms with Gasteiger partial charge in [0.1, 0.15) is 5.60 Å². The minimum atomic E-state index is -0.746. The Morgan fingerprint density at radius 1 is 1.11 bits per heavy atom. The fourth-order valence-corrected chi connectivity index (χ4v) is 3.22.